The van der Waals surface area contributed by atoms with E-state index < -0.39 is 0 Å². The molecular weight excluding hydrogens is 290 g/mol. The van der Waals surface area contributed by atoms with Crippen molar-refractivity contribution >= 4 is 5.91 Å². The molecule has 0 aromatic carbocycles. The summed E-state index contributed by atoms with van der Waals surface area (Å²) in [6, 6.07) is 1.98. The van der Waals surface area contributed by atoms with Gasteiger partial charge in [-0.3, -0.25) is 9.48 Å². The normalized spacial score (nSPS) is 22.1. The van der Waals surface area contributed by atoms with E-state index in [0.29, 0.717) is 12.5 Å². The van der Waals surface area contributed by atoms with Gasteiger partial charge < -0.3 is 9.47 Å². The molecule has 1 saturated carbocycles. The number of hydrogen-bond donors (Lipinski definition) is 0. The molecule has 1 aliphatic carbocycles. The van der Waals surface area contributed by atoms with E-state index in [0.717, 1.165) is 25.3 Å². The first-order chi connectivity index (χ1) is 11.3. The van der Waals surface area contributed by atoms with Gasteiger partial charge in [-0.15, -0.1) is 0 Å². The Bertz CT molecular complexity index is 656. The zero-order valence-electron chi connectivity index (χ0n) is 13.3. The van der Waals surface area contributed by atoms with Crippen LogP contribution in [0.5, 0.6) is 0 Å². The predicted molar refractivity (Wildman–Crippen MR) is 85.5 cm³/mol. The number of nitrogens with zero attached hydrogens (tertiary/aromatic N) is 5. The molecule has 1 amide bonds. The highest BCUT2D eigenvalue weighted by atomic mass is 16.2. The van der Waals surface area contributed by atoms with E-state index >= 15 is 0 Å². The molecule has 6 heteroatoms. The molecule has 4 rings (SSSR count). The van der Waals surface area contributed by atoms with Crippen molar-refractivity contribution in [3.63, 3.8) is 0 Å². The Kier molecular flexibility index (Phi) is 3.89. The number of aryl methyl sites for hydroxylation is 1. The molecule has 2 aliphatic rings. The first-order valence-corrected chi connectivity index (χ1v) is 8.61. The van der Waals surface area contributed by atoms with Crippen LogP contribution in [0.1, 0.15) is 44.0 Å². The quantitative estimate of drug-likeness (QED) is 0.873. The second-order valence-corrected chi connectivity index (χ2v) is 6.61. The first kappa shape index (κ1) is 14.5. The van der Waals surface area contributed by atoms with Crippen molar-refractivity contribution in [2.75, 3.05) is 6.54 Å². The second-order valence-electron chi connectivity index (χ2n) is 6.61. The molecule has 6 nitrogen and oxygen atoms in total. The lowest BCUT2D eigenvalue weighted by Gasteiger charge is -2.33. The summed E-state index contributed by atoms with van der Waals surface area (Å²) in [6.07, 6.45) is 13.4. The van der Waals surface area contributed by atoms with Crippen LogP contribution in [-0.2, 0) is 17.9 Å². The van der Waals surface area contributed by atoms with Crippen molar-refractivity contribution in [2.24, 2.45) is 5.92 Å². The van der Waals surface area contributed by atoms with Crippen molar-refractivity contribution in [2.45, 2.75) is 51.2 Å². The van der Waals surface area contributed by atoms with Crippen molar-refractivity contribution in [1.29, 1.82) is 0 Å². The van der Waals surface area contributed by atoms with Crippen molar-refractivity contribution in [3.05, 3.63) is 36.7 Å². The first-order valence-electron chi connectivity index (χ1n) is 8.61. The minimum Gasteiger partial charge on any atom is -0.333 e. The molecule has 0 radical (unpaired) electrons. The summed E-state index contributed by atoms with van der Waals surface area (Å²) in [7, 11) is 0. The molecule has 2 aromatic heterocycles. The van der Waals surface area contributed by atoms with Crippen molar-refractivity contribution in [1.82, 2.24) is 24.2 Å². The van der Waals surface area contributed by atoms with Crippen LogP contribution in [0.4, 0.5) is 0 Å². The minimum atomic E-state index is 0.123. The zero-order valence-corrected chi connectivity index (χ0v) is 13.3. The third-order valence-corrected chi connectivity index (χ3v) is 5.17. The van der Waals surface area contributed by atoms with Gasteiger partial charge in [0.2, 0.25) is 5.91 Å². The maximum Gasteiger partial charge on any atom is 0.244 e. The molecule has 0 bridgehead atoms. The van der Waals surface area contributed by atoms with Crippen LogP contribution in [0.3, 0.4) is 0 Å². The minimum absolute atomic E-state index is 0.123. The van der Waals surface area contributed by atoms with Gasteiger partial charge in [0, 0.05) is 37.9 Å². The Balaban J connectivity index is 1.64. The van der Waals surface area contributed by atoms with E-state index in [9.17, 15) is 4.79 Å². The third-order valence-electron chi connectivity index (χ3n) is 5.17. The number of hydrogen-bond acceptors (Lipinski definition) is 3. The van der Waals surface area contributed by atoms with Crippen LogP contribution in [-0.4, -0.2) is 36.7 Å². The van der Waals surface area contributed by atoms with Crippen LogP contribution in [0.25, 0.3) is 0 Å². The number of amides is 1. The van der Waals surface area contributed by atoms with Crippen molar-refractivity contribution < 1.29 is 4.79 Å². The van der Waals surface area contributed by atoms with Gasteiger partial charge in [0.15, 0.2) is 0 Å². The van der Waals surface area contributed by atoms with Crippen LogP contribution < -0.4 is 0 Å². The Morgan fingerprint density at radius 3 is 2.78 bits per heavy atom. The van der Waals surface area contributed by atoms with Gasteiger partial charge in [0.25, 0.3) is 0 Å². The van der Waals surface area contributed by atoms with Crippen LogP contribution in [0, 0.1) is 5.92 Å². The topological polar surface area (TPSA) is 56.0 Å². The zero-order chi connectivity index (χ0) is 15.6. The molecule has 2 aromatic rings. The van der Waals surface area contributed by atoms with Gasteiger partial charge in [-0.2, -0.15) is 5.10 Å². The smallest absolute Gasteiger partial charge is 0.244 e. The lowest BCUT2D eigenvalue weighted by molar-refractivity contribution is -0.136. The predicted octanol–water partition coefficient (Wildman–Crippen LogP) is 2.24. The number of carbonyl (C=O) groups excluding carboxylic acids is 1. The van der Waals surface area contributed by atoms with E-state index in [1.807, 2.05) is 18.5 Å². The lowest BCUT2D eigenvalue weighted by Crippen LogP contribution is -2.40. The fourth-order valence-corrected chi connectivity index (χ4v) is 4.11. The molecule has 3 heterocycles. The van der Waals surface area contributed by atoms with Gasteiger partial charge in [-0.1, -0.05) is 12.8 Å². The third kappa shape index (κ3) is 2.78. The number of fused-ring (bicyclic) bond motifs is 1. The lowest BCUT2D eigenvalue weighted by atomic mass is 9.95. The van der Waals surface area contributed by atoms with Crippen LogP contribution >= 0.6 is 0 Å². The highest BCUT2D eigenvalue weighted by Gasteiger charge is 2.37. The van der Waals surface area contributed by atoms with Gasteiger partial charge in [-0.25, -0.2) is 4.98 Å². The molecule has 0 spiro atoms. The molecule has 1 atom stereocenters. The number of rotatable bonds is 3. The molecular formula is C17H23N5O. The Morgan fingerprint density at radius 2 is 2.00 bits per heavy atom. The summed E-state index contributed by atoms with van der Waals surface area (Å²) in [5, 5.41) is 4.18. The average Bonchev–Trinajstić information content (AvgIpc) is 3.29. The monoisotopic (exact) mass is 313 g/mol. The van der Waals surface area contributed by atoms with Gasteiger partial charge in [0.05, 0.1) is 6.04 Å². The summed E-state index contributed by atoms with van der Waals surface area (Å²) in [6.45, 7) is 2.08. The van der Waals surface area contributed by atoms with E-state index in [2.05, 4.69) is 25.7 Å². The fraction of sp³-hybridized carbons (Fsp3) is 0.588. The molecule has 0 N–H and O–H groups in total. The molecule has 0 saturated heterocycles. The van der Waals surface area contributed by atoms with E-state index in [1.54, 1.807) is 10.9 Å². The maximum atomic E-state index is 12.9. The highest BCUT2D eigenvalue weighted by molar-refractivity contribution is 5.76. The Hall–Kier alpha value is -2.11. The fourth-order valence-electron chi connectivity index (χ4n) is 4.11. The summed E-state index contributed by atoms with van der Waals surface area (Å²) >= 11 is 0. The molecule has 1 fully saturated rings. The van der Waals surface area contributed by atoms with E-state index in [-0.39, 0.29) is 11.9 Å². The molecule has 1 aliphatic heterocycles. The Morgan fingerprint density at radius 1 is 1.13 bits per heavy atom. The summed E-state index contributed by atoms with van der Waals surface area (Å²) in [5.74, 6) is 1.76. The van der Waals surface area contributed by atoms with E-state index in [4.69, 9.17) is 0 Å². The van der Waals surface area contributed by atoms with Crippen LogP contribution in [0.2, 0.25) is 0 Å². The number of carbonyl (C=O) groups is 1. The number of imidazole rings is 1. The summed E-state index contributed by atoms with van der Waals surface area (Å²) in [4.78, 5) is 19.6. The summed E-state index contributed by atoms with van der Waals surface area (Å²) in [5.41, 5.74) is 0. The summed E-state index contributed by atoms with van der Waals surface area (Å²) < 4.78 is 3.95. The average molecular weight is 313 g/mol. The van der Waals surface area contributed by atoms with E-state index in [1.165, 1.54) is 25.7 Å². The highest BCUT2D eigenvalue weighted by Crippen LogP contribution is 2.40. The SMILES string of the molecule is O=C(Cn1cccn1)N1CCCn2ccnc2C1C1CCCC1. The Labute approximate surface area is 136 Å². The molecule has 122 valence electrons. The number of aromatic nitrogens is 4. The van der Waals surface area contributed by atoms with Gasteiger partial charge in [-0.05, 0) is 31.2 Å². The second kappa shape index (κ2) is 6.18. The van der Waals surface area contributed by atoms with Crippen molar-refractivity contribution in [3.8, 4) is 0 Å². The van der Waals surface area contributed by atoms with Gasteiger partial charge in [0.1, 0.15) is 12.4 Å². The van der Waals surface area contributed by atoms with Crippen LogP contribution in [0.15, 0.2) is 30.9 Å². The largest absolute Gasteiger partial charge is 0.333 e. The van der Waals surface area contributed by atoms with Gasteiger partial charge >= 0.3 is 0 Å². The standard InChI is InChI=1S/C17H23N5O/c23-15(13-21-10-3-7-19-21)22-11-4-9-20-12-8-18-17(20)16(22)14-5-1-2-6-14/h3,7-8,10,12,14,16H,1-2,4-6,9,11,13H2. The molecule has 1 unspecified atom stereocenters. The molecule has 23 heavy (non-hydrogen) atoms. The maximum absolute atomic E-state index is 12.9.